The van der Waals surface area contributed by atoms with Gasteiger partial charge in [0.1, 0.15) is 17.2 Å². The van der Waals surface area contributed by atoms with Crippen molar-refractivity contribution in [1.29, 1.82) is 0 Å². The summed E-state index contributed by atoms with van der Waals surface area (Å²) in [4.78, 5) is 28.6. The maximum Gasteiger partial charge on any atom is 0.302 e. The summed E-state index contributed by atoms with van der Waals surface area (Å²) in [5, 5.41) is -0.0834. The van der Waals surface area contributed by atoms with E-state index in [1.54, 1.807) is 38.4 Å². The number of anilines is 2. The first-order valence-electron chi connectivity index (χ1n) is 10.3. The number of amides is 1. The average Bonchev–Trinajstić information content (AvgIpc) is 2.82. The summed E-state index contributed by atoms with van der Waals surface area (Å²) >= 11 is 0.988. The molecule has 9 heteroatoms. The first kappa shape index (κ1) is 23.6. The number of rotatable bonds is 7. The van der Waals surface area contributed by atoms with Crippen molar-refractivity contribution in [1.82, 2.24) is 4.90 Å². The quantitative estimate of drug-likeness (QED) is 0.487. The summed E-state index contributed by atoms with van der Waals surface area (Å²) in [7, 11) is 4.82. The smallest absolute Gasteiger partial charge is 0.302 e. The van der Waals surface area contributed by atoms with Gasteiger partial charge >= 0.3 is 5.24 Å². The number of hydrogen-bond donors (Lipinski definition) is 1. The van der Waals surface area contributed by atoms with Crippen LogP contribution in [0.5, 0.6) is 17.2 Å². The summed E-state index contributed by atoms with van der Waals surface area (Å²) < 4.78 is 19.2. The zero-order chi connectivity index (χ0) is 23.3. The van der Waals surface area contributed by atoms with E-state index in [4.69, 9.17) is 14.2 Å². The molecule has 1 N–H and O–H groups in total. The minimum atomic E-state index is -0.0834. The van der Waals surface area contributed by atoms with Crippen molar-refractivity contribution >= 4 is 34.3 Å². The first-order chi connectivity index (χ1) is 15.4. The second kappa shape index (κ2) is 10.5. The Morgan fingerprint density at radius 1 is 0.906 bits per heavy atom. The van der Waals surface area contributed by atoms with Crippen molar-refractivity contribution in [2.45, 2.75) is 13.8 Å². The zero-order valence-corrected chi connectivity index (χ0v) is 19.9. The van der Waals surface area contributed by atoms with Gasteiger partial charge in [-0.15, -0.1) is 0 Å². The lowest BCUT2D eigenvalue weighted by Crippen LogP contribution is -2.47. The van der Waals surface area contributed by atoms with Crippen LogP contribution in [0.3, 0.4) is 0 Å². The number of hydrogen-bond acceptors (Lipinski definition) is 8. The number of ketones is 1. The molecule has 0 aliphatic carbocycles. The number of nitrogens with zero attached hydrogens (tertiary/aromatic N) is 2. The molecule has 1 fully saturated rings. The number of carbonyl (C=O) groups is 2. The van der Waals surface area contributed by atoms with E-state index in [0.717, 1.165) is 34.7 Å². The number of nitrogens with one attached hydrogen (secondary N) is 1. The van der Waals surface area contributed by atoms with Crippen LogP contribution in [-0.2, 0) is 0 Å². The molecular weight excluding hydrogens is 430 g/mol. The van der Waals surface area contributed by atoms with E-state index >= 15 is 0 Å². The normalized spacial score (nSPS) is 13.5. The molecule has 0 saturated carbocycles. The van der Waals surface area contributed by atoms with Gasteiger partial charge < -0.3 is 28.7 Å². The molecule has 32 heavy (non-hydrogen) atoms. The third-order valence-corrected chi connectivity index (χ3v) is 6.17. The molecule has 1 saturated heterocycles. The second-order valence-electron chi connectivity index (χ2n) is 7.44. The molecule has 3 rings (SSSR count). The average molecular weight is 460 g/mol. The summed E-state index contributed by atoms with van der Waals surface area (Å²) in [6.07, 6.45) is 0. The fraction of sp³-hybridized carbons (Fsp3) is 0.391. The topological polar surface area (TPSA) is 80.3 Å². The predicted molar refractivity (Wildman–Crippen MR) is 128 cm³/mol. The van der Waals surface area contributed by atoms with Crippen molar-refractivity contribution < 1.29 is 23.8 Å². The number of piperazine rings is 1. The van der Waals surface area contributed by atoms with Crippen LogP contribution >= 0.6 is 11.9 Å². The highest BCUT2D eigenvalue weighted by Gasteiger charge is 2.23. The van der Waals surface area contributed by atoms with Crippen LogP contribution in [0.25, 0.3) is 0 Å². The SMILES string of the molecule is COc1cc(OC)cc(N2CCN(C(=O)SNc3cc(C(C)=O)c(C)cc3OC)CC2)c1. The van der Waals surface area contributed by atoms with Gasteiger partial charge in [-0.25, -0.2) is 0 Å². The minimum Gasteiger partial charge on any atom is -0.497 e. The molecule has 1 heterocycles. The third kappa shape index (κ3) is 5.40. The number of carbonyl (C=O) groups excluding carboxylic acids is 2. The molecule has 0 atom stereocenters. The van der Waals surface area contributed by atoms with Crippen LogP contribution in [0.2, 0.25) is 0 Å². The highest BCUT2D eigenvalue weighted by Crippen LogP contribution is 2.32. The van der Waals surface area contributed by atoms with E-state index in [1.807, 2.05) is 25.1 Å². The number of methoxy groups -OCH3 is 3. The zero-order valence-electron chi connectivity index (χ0n) is 19.1. The third-order valence-electron chi connectivity index (χ3n) is 5.41. The van der Waals surface area contributed by atoms with Gasteiger partial charge in [0.15, 0.2) is 5.78 Å². The number of ether oxygens (including phenoxy) is 3. The molecule has 172 valence electrons. The number of aryl methyl sites for hydroxylation is 1. The van der Waals surface area contributed by atoms with E-state index in [2.05, 4.69) is 9.62 Å². The number of Topliss-reactive ketones (excluding diaryl/α,β-unsaturated/α-hetero) is 1. The monoisotopic (exact) mass is 459 g/mol. The van der Waals surface area contributed by atoms with E-state index in [0.29, 0.717) is 43.2 Å². The van der Waals surface area contributed by atoms with Crippen LogP contribution in [-0.4, -0.2) is 63.4 Å². The van der Waals surface area contributed by atoms with Crippen LogP contribution in [0, 0.1) is 6.92 Å². The second-order valence-corrected chi connectivity index (χ2v) is 8.20. The Bertz CT molecular complexity index is 968. The highest BCUT2D eigenvalue weighted by molar-refractivity contribution is 8.14. The van der Waals surface area contributed by atoms with E-state index in [1.165, 1.54) is 6.92 Å². The van der Waals surface area contributed by atoms with Crippen LogP contribution < -0.4 is 23.8 Å². The molecule has 1 aliphatic heterocycles. The summed E-state index contributed by atoms with van der Waals surface area (Å²) in [5.74, 6) is 2.02. The van der Waals surface area contributed by atoms with Crippen molar-refractivity contribution in [2.75, 3.05) is 57.1 Å². The largest absolute Gasteiger partial charge is 0.497 e. The van der Waals surface area contributed by atoms with E-state index < -0.39 is 0 Å². The molecular formula is C23H29N3O5S. The molecule has 0 aromatic heterocycles. The van der Waals surface area contributed by atoms with Gasteiger partial charge in [0, 0.05) is 67.6 Å². The molecule has 8 nitrogen and oxygen atoms in total. The van der Waals surface area contributed by atoms with E-state index in [9.17, 15) is 9.59 Å². The van der Waals surface area contributed by atoms with Gasteiger partial charge in [-0.2, -0.15) is 0 Å². The summed E-state index contributed by atoms with van der Waals surface area (Å²) in [6, 6.07) is 9.29. The van der Waals surface area contributed by atoms with Gasteiger partial charge in [0.05, 0.1) is 27.0 Å². The minimum absolute atomic E-state index is 0.0326. The molecule has 1 amide bonds. The van der Waals surface area contributed by atoms with E-state index in [-0.39, 0.29) is 11.0 Å². The molecule has 0 bridgehead atoms. The highest BCUT2D eigenvalue weighted by atomic mass is 32.2. The Kier molecular flexibility index (Phi) is 7.74. The van der Waals surface area contributed by atoms with Crippen molar-refractivity contribution in [3.8, 4) is 17.2 Å². The first-order valence-corrected chi connectivity index (χ1v) is 11.1. The van der Waals surface area contributed by atoms with Crippen molar-refractivity contribution in [3.05, 3.63) is 41.5 Å². The van der Waals surface area contributed by atoms with Gasteiger partial charge in [-0.05, 0) is 31.5 Å². The van der Waals surface area contributed by atoms with Gasteiger partial charge in [-0.1, -0.05) is 0 Å². The van der Waals surface area contributed by atoms with Crippen LogP contribution in [0.15, 0.2) is 30.3 Å². The lowest BCUT2D eigenvalue weighted by atomic mass is 10.0. The lowest BCUT2D eigenvalue weighted by molar-refractivity contribution is 0.101. The van der Waals surface area contributed by atoms with Crippen molar-refractivity contribution in [3.63, 3.8) is 0 Å². The van der Waals surface area contributed by atoms with Crippen LogP contribution in [0.1, 0.15) is 22.8 Å². The maximum absolute atomic E-state index is 12.8. The fourth-order valence-corrected chi connectivity index (χ4v) is 4.26. The Labute approximate surface area is 192 Å². The van der Waals surface area contributed by atoms with Crippen LogP contribution in [0.4, 0.5) is 16.2 Å². The Hall–Kier alpha value is -3.07. The Balaban J connectivity index is 1.61. The molecule has 2 aromatic rings. The summed E-state index contributed by atoms with van der Waals surface area (Å²) in [6.45, 7) is 5.97. The summed E-state index contributed by atoms with van der Waals surface area (Å²) in [5.41, 5.74) is 3.04. The molecule has 1 aliphatic rings. The molecule has 0 spiro atoms. The fourth-order valence-electron chi connectivity index (χ4n) is 3.59. The standard InChI is InChI=1S/C23H29N3O5S/c1-15-10-22(31-5)21(14-20(15)16(2)27)24-32-23(28)26-8-6-25(7-9-26)17-11-18(29-3)13-19(12-17)30-4/h10-14,24H,6-9H2,1-5H3. The predicted octanol–water partition coefficient (Wildman–Crippen LogP) is 4.23. The van der Waals surface area contributed by atoms with Crippen molar-refractivity contribution in [2.24, 2.45) is 0 Å². The molecule has 0 unspecified atom stereocenters. The van der Waals surface area contributed by atoms with Gasteiger partial charge in [0.2, 0.25) is 0 Å². The maximum atomic E-state index is 12.8. The van der Waals surface area contributed by atoms with Gasteiger partial charge in [0.25, 0.3) is 0 Å². The lowest BCUT2D eigenvalue weighted by Gasteiger charge is -2.36. The van der Waals surface area contributed by atoms with Gasteiger partial charge in [-0.3, -0.25) is 9.59 Å². The Morgan fingerprint density at radius 2 is 1.53 bits per heavy atom. The molecule has 2 aromatic carbocycles. The molecule has 0 radical (unpaired) electrons. The number of benzene rings is 2. The Morgan fingerprint density at radius 3 is 2.06 bits per heavy atom.